The Labute approximate surface area is 107 Å². The molecule has 2 aromatic rings. The maximum absolute atomic E-state index is 11.2. The van der Waals surface area contributed by atoms with Crippen LogP contribution < -0.4 is 10.1 Å². The number of benzene rings is 2. The van der Waals surface area contributed by atoms with Crippen LogP contribution in [-0.4, -0.2) is 12.5 Å². The highest BCUT2D eigenvalue weighted by Gasteiger charge is 2.07. The maximum Gasteiger partial charge on any atom is 0.221 e. The van der Waals surface area contributed by atoms with Crippen LogP contribution in [-0.2, 0) is 4.79 Å². The number of hydrogen-bond donors (Lipinski definition) is 1. The van der Waals surface area contributed by atoms with Crippen molar-refractivity contribution >= 4 is 22.4 Å². The molecule has 0 saturated carbocycles. The maximum atomic E-state index is 11.2. The summed E-state index contributed by atoms with van der Waals surface area (Å²) in [5.41, 5.74) is 0.821. The average Bonchev–Trinajstić information content (AvgIpc) is 2.37. The van der Waals surface area contributed by atoms with Gasteiger partial charge < -0.3 is 10.1 Å². The van der Waals surface area contributed by atoms with Gasteiger partial charge in [0.1, 0.15) is 5.75 Å². The van der Waals surface area contributed by atoms with E-state index in [-0.39, 0.29) is 5.91 Å². The lowest BCUT2D eigenvalue weighted by molar-refractivity contribution is -0.114. The average molecular weight is 243 g/mol. The highest BCUT2D eigenvalue weighted by atomic mass is 16.5. The first-order valence-electron chi connectivity index (χ1n) is 6.14. The lowest BCUT2D eigenvalue weighted by Crippen LogP contribution is -2.06. The largest absolute Gasteiger partial charge is 0.493 e. The third-order valence-electron chi connectivity index (χ3n) is 2.66. The summed E-state index contributed by atoms with van der Waals surface area (Å²) in [6, 6.07) is 11.7. The quantitative estimate of drug-likeness (QED) is 0.891. The summed E-state index contributed by atoms with van der Waals surface area (Å²) in [4.78, 5) is 11.2. The number of amides is 1. The van der Waals surface area contributed by atoms with E-state index in [0.717, 1.165) is 28.6 Å². The summed E-state index contributed by atoms with van der Waals surface area (Å²) in [5.74, 6) is 0.795. The third kappa shape index (κ3) is 2.62. The van der Waals surface area contributed by atoms with Gasteiger partial charge in [-0.3, -0.25) is 4.79 Å². The third-order valence-corrected chi connectivity index (χ3v) is 2.66. The minimum Gasteiger partial charge on any atom is -0.493 e. The Hall–Kier alpha value is -2.03. The first-order valence-corrected chi connectivity index (χ1v) is 6.14. The van der Waals surface area contributed by atoms with Crippen molar-refractivity contribution in [3.05, 3.63) is 36.4 Å². The van der Waals surface area contributed by atoms with E-state index in [2.05, 4.69) is 12.2 Å². The van der Waals surface area contributed by atoms with E-state index >= 15 is 0 Å². The lowest BCUT2D eigenvalue weighted by atomic mass is 10.1. The molecule has 2 aromatic carbocycles. The van der Waals surface area contributed by atoms with Crippen molar-refractivity contribution in [2.45, 2.75) is 20.3 Å². The number of rotatable bonds is 4. The second-order valence-electron chi connectivity index (χ2n) is 4.19. The van der Waals surface area contributed by atoms with E-state index < -0.39 is 0 Å². The van der Waals surface area contributed by atoms with Gasteiger partial charge in [0.2, 0.25) is 5.91 Å². The van der Waals surface area contributed by atoms with Gasteiger partial charge in [0.25, 0.3) is 0 Å². The Morgan fingerprint density at radius 2 is 1.89 bits per heavy atom. The normalized spacial score (nSPS) is 10.3. The molecule has 0 fully saturated rings. The topological polar surface area (TPSA) is 38.3 Å². The molecule has 0 aliphatic rings. The van der Waals surface area contributed by atoms with Crippen LogP contribution in [0, 0.1) is 0 Å². The zero-order valence-electron chi connectivity index (χ0n) is 10.7. The molecule has 18 heavy (non-hydrogen) atoms. The molecule has 0 spiro atoms. The fourth-order valence-electron chi connectivity index (χ4n) is 1.91. The van der Waals surface area contributed by atoms with Crippen LogP contribution in [0.25, 0.3) is 10.8 Å². The smallest absolute Gasteiger partial charge is 0.221 e. The highest BCUT2D eigenvalue weighted by Crippen LogP contribution is 2.31. The van der Waals surface area contributed by atoms with Crippen molar-refractivity contribution in [3.63, 3.8) is 0 Å². The van der Waals surface area contributed by atoms with Crippen molar-refractivity contribution in [3.8, 4) is 5.75 Å². The Morgan fingerprint density at radius 3 is 2.56 bits per heavy atom. The molecule has 0 saturated heterocycles. The number of nitrogens with one attached hydrogen (secondary N) is 1. The number of anilines is 1. The van der Waals surface area contributed by atoms with Gasteiger partial charge in [0.05, 0.1) is 6.61 Å². The zero-order valence-corrected chi connectivity index (χ0v) is 10.7. The zero-order chi connectivity index (χ0) is 13.0. The summed E-state index contributed by atoms with van der Waals surface area (Å²) >= 11 is 0. The van der Waals surface area contributed by atoms with Gasteiger partial charge in [0.15, 0.2) is 0 Å². The Bertz CT molecular complexity index is 563. The molecule has 0 atom stereocenters. The first kappa shape index (κ1) is 12.4. The van der Waals surface area contributed by atoms with Crippen molar-refractivity contribution in [1.29, 1.82) is 0 Å². The minimum atomic E-state index is -0.0672. The molecule has 3 nitrogen and oxygen atoms in total. The predicted molar refractivity (Wildman–Crippen MR) is 74.0 cm³/mol. The SMILES string of the molecule is CCCOc1ccc(NC(C)=O)c2ccccc12. The van der Waals surface area contributed by atoms with Crippen LogP contribution in [0.2, 0.25) is 0 Å². The summed E-state index contributed by atoms with van der Waals surface area (Å²) < 4.78 is 5.72. The van der Waals surface area contributed by atoms with Gasteiger partial charge in [0, 0.05) is 23.4 Å². The monoisotopic (exact) mass is 243 g/mol. The molecule has 0 aliphatic heterocycles. The number of ether oxygens (including phenoxy) is 1. The van der Waals surface area contributed by atoms with Crippen LogP contribution in [0.3, 0.4) is 0 Å². The first-order chi connectivity index (χ1) is 8.72. The van der Waals surface area contributed by atoms with Crippen molar-refractivity contribution in [1.82, 2.24) is 0 Å². The standard InChI is InChI=1S/C15H17NO2/c1-3-10-18-15-9-8-14(16-11(2)17)12-6-4-5-7-13(12)15/h4-9H,3,10H2,1-2H3,(H,16,17). The summed E-state index contributed by atoms with van der Waals surface area (Å²) in [6.45, 7) is 4.29. The van der Waals surface area contributed by atoms with Gasteiger partial charge in [-0.05, 0) is 18.6 Å². The Balaban J connectivity index is 2.48. The van der Waals surface area contributed by atoms with Crippen LogP contribution in [0.15, 0.2) is 36.4 Å². The molecule has 0 bridgehead atoms. The summed E-state index contributed by atoms with van der Waals surface area (Å²) in [5, 5.41) is 4.86. The summed E-state index contributed by atoms with van der Waals surface area (Å²) in [6.07, 6.45) is 0.974. The molecule has 0 aromatic heterocycles. The fraction of sp³-hybridized carbons (Fsp3) is 0.267. The van der Waals surface area contributed by atoms with Crippen molar-refractivity contribution in [2.75, 3.05) is 11.9 Å². The van der Waals surface area contributed by atoms with Crippen molar-refractivity contribution in [2.24, 2.45) is 0 Å². The van der Waals surface area contributed by atoms with Crippen LogP contribution in [0.4, 0.5) is 5.69 Å². The second kappa shape index (κ2) is 5.54. The number of carbonyl (C=O) groups is 1. The van der Waals surface area contributed by atoms with E-state index in [1.54, 1.807) is 0 Å². The fourth-order valence-corrected chi connectivity index (χ4v) is 1.91. The minimum absolute atomic E-state index is 0.0672. The van der Waals surface area contributed by atoms with Gasteiger partial charge in [-0.1, -0.05) is 31.2 Å². The Kier molecular flexibility index (Phi) is 3.82. The molecular formula is C15H17NO2. The molecule has 2 rings (SSSR count). The number of hydrogen-bond acceptors (Lipinski definition) is 2. The second-order valence-corrected chi connectivity index (χ2v) is 4.19. The van der Waals surface area contributed by atoms with Gasteiger partial charge in [-0.25, -0.2) is 0 Å². The van der Waals surface area contributed by atoms with E-state index in [4.69, 9.17) is 4.74 Å². The molecule has 1 N–H and O–H groups in total. The molecule has 0 unspecified atom stereocenters. The number of fused-ring (bicyclic) bond motifs is 1. The molecule has 0 aliphatic carbocycles. The van der Waals surface area contributed by atoms with Gasteiger partial charge in [-0.2, -0.15) is 0 Å². The van der Waals surface area contributed by atoms with Crippen molar-refractivity contribution < 1.29 is 9.53 Å². The van der Waals surface area contributed by atoms with E-state index in [0.29, 0.717) is 6.61 Å². The van der Waals surface area contributed by atoms with Crippen LogP contribution in [0.1, 0.15) is 20.3 Å². The molecule has 94 valence electrons. The van der Waals surface area contributed by atoms with E-state index in [1.807, 2.05) is 36.4 Å². The predicted octanol–water partition coefficient (Wildman–Crippen LogP) is 3.59. The summed E-state index contributed by atoms with van der Waals surface area (Å²) in [7, 11) is 0. The lowest BCUT2D eigenvalue weighted by Gasteiger charge is -2.12. The van der Waals surface area contributed by atoms with Crippen LogP contribution in [0.5, 0.6) is 5.75 Å². The molecule has 1 amide bonds. The molecule has 0 radical (unpaired) electrons. The van der Waals surface area contributed by atoms with E-state index in [9.17, 15) is 4.79 Å². The van der Waals surface area contributed by atoms with Crippen LogP contribution >= 0.6 is 0 Å². The molecular weight excluding hydrogens is 226 g/mol. The van der Waals surface area contributed by atoms with Gasteiger partial charge >= 0.3 is 0 Å². The Morgan fingerprint density at radius 1 is 1.17 bits per heavy atom. The van der Waals surface area contributed by atoms with E-state index in [1.165, 1.54) is 6.92 Å². The highest BCUT2D eigenvalue weighted by molar-refractivity contribution is 6.03. The molecule has 3 heteroatoms. The molecule has 0 heterocycles. The van der Waals surface area contributed by atoms with Gasteiger partial charge in [-0.15, -0.1) is 0 Å². The number of carbonyl (C=O) groups excluding carboxylic acids is 1.